The van der Waals surface area contributed by atoms with E-state index in [1.165, 1.54) is 18.4 Å². The summed E-state index contributed by atoms with van der Waals surface area (Å²) >= 11 is 0. The topological polar surface area (TPSA) is 46.3 Å². The molecule has 1 saturated heterocycles. The smallest absolute Gasteiger partial charge is 0.193 e. The van der Waals surface area contributed by atoms with E-state index in [0.29, 0.717) is 16.8 Å². The van der Waals surface area contributed by atoms with Crippen molar-refractivity contribution in [1.82, 2.24) is 0 Å². The van der Waals surface area contributed by atoms with Crippen molar-refractivity contribution in [2.24, 2.45) is 0 Å². The largest absolute Gasteiger partial charge is 0.397 e. The highest BCUT2D eigenvalue weighted by Gasteiger charge is 2.16. The quantitative estimate of drug-likeness (QED) is 0.691. The van der Waals surface area contributed by atoms with E-state index in [9.17, 15) is 4.79 Å². The molecule has 0 amide bonds. The molecule has 2 N–H and O–H groups in total. The lowest BCUT2D eigenvalue weighted by Gasteiger charge is -2.20. The average molecular weight is 294 g/mol. The van der Waals surface area contributed by atoms with E-state index in [1.54, 1.807) is 0 Å². The van der Waals surface area contributed by atoms with Crippen molar-refractivity contribution >= 4 is 17.2 Å². The first-order valence-corrected chi connectivity index (χ1v) is 7.97. The molecule has 0 unspecified atom stereocenters. The average Bonchev–Trinajstić information content (AvgIpc) is 3.08. The molecule has 0 aliphatic carbocycles. The second kappa shape index (κ2) is 6.22. The van der Waals surface area contributed by atoms with E-state index in [2.05, 4.69) is 11.8 Å². The number of hydrogen-bond acceptors (Lipinski definition) is 3. The molecular formula is C19H22N2O. The van der Waals surface area contributed by atoms with Gasteiger partial charge < -0.3 is 10.6 Å². The molecule has 114 valence electrons. The SMILES string of the molecule is CCc1ccc(C(=O)c2ccc(N3CCCC3)c(N)c2)cc1. The number of anilines is 2. The van der Waals surface area contributed by atoms with Crippen LogP contribution in [-0.4, -0.2) is 18.9 Å². The number of carbonyl (C=O) groups excluding carboxylic acids is 1. The Morgan fingerprint density at radius 3 is 2.27 bits per heavy atom. The number of benzene rings is 2. The highest BCUT2D eigenvalue weighted by Crippen LogP contribution is 2.28. The fraction of sp³-hybridized carbons (Fsp3) is 0.316. The van der Waals surface area contributed by atoms with Crippen LogP contribution >= 0.6 is 0 Å². The Bertz CT molecular complexity index is 670. The molecule has 2 aromatic carbocycles. The standard InChI is InChI=1S/C19H22N2O/c1-2-14-5-7-15(8-6-14)19(22)16-9-10-18(17(20)13-16)21-11-3-4-12-21/h5-10,13H,2-4,11-12,20H2,1H3. The van der Waals surface area contributed by atoms with Crippen LogP contribution in [0.1, 0.15) is 41.3 Å². The summed E-state index contributed by atoms with van der Waals surface area (Å²) < 4.78 is 0. The summed E-state index contributed by atoms with van der Waals surface area (Å²) in [5.41, 5.74) is 10.5. The maximum absolute atomic E-state index is 12.6. The molecule has 1 aliphatic rings. The van der Waals surface area contributed by atoms with Crippen molar-refractivity contribution in [1.29, 1.82) is 0 Å². The normalized spacial score (nSPS) is 14.3. The molecule has 1 fully saturated rings. The van der Waals surface area contributed by atoms with Crippen molar-refractivity contribution in [3.05, 3.63) is 59.2 Å². The van der Waals surface area contributed by atoms with Gasteiger partial charge in [-0.05, 0) is 43.0 Å². The van der Waals surface area contributed by atoms with Gasteiger partial charge in [0, 0.05) is 24.2 Å². The minimum Gasteiger partial charge on any atom is -0.397 e. The fourth-order valence-corrected chi connectivity index (χ4v) is 3.00. The first kappa shape index (κ1) is 14.6. The van der Waals surface area contributed by atoms with Gasteiger partial charge in [0.05, 0.1) is 11.4 Å². The Morgan fingerprint density at radius 1 is 1.05 bits per heavy atom. The van der Waals surface area contributed by atoms with Gasteiger partial charge in [-0.15, -0.1) is 0 Å². The minimum atomic E-state index is 0.0299. The number of carbonyl (C=O) groups is 1. The second-order valence-electron chi connectivity index (χ2n) is 5.85. The molecule has 2 aromatic rings. The maximum atomic E-state index is 12.6. The molecular weight excluding hydrogens is 272 g/mol. The lowest BCUT2D eigenvalue weighted by Crippen LogP contribution is -2.19. The highest BCUT2D eigenvalue weighted by atomic mass is 16.1. The minimum absolute atomic E-state index is 0.0299. The molecule has 0 radical (unpaired) electrons. The highest BCUT2D eigenvalue weighted by molar-refractivity contribution is 6.09. The Morgan fingerprint density at radius 2 is 1.68 bits per heavy atom. The number of nitrogens with two attached hydrogens (primary N) is 1. The monoisotopic (exact) mass is 294 g/mol. The van der Waals surface area contributed by atoms with E-state index < -0.39 is 0 Å². The van der Waals surface area contributed by atoms with Crippen LogP contribution in [0.4, 0.5) is 11.4 Å². The third kappa shape index (κ3) is 2.84. The second-order valence-corrected chi connectivity index (χ2v) is 5.85. The van der Waals surface area contributed by atoms with Crippen LogP contribution in [0.15, 0.2) is 42.5 Å². The van der Waals surface area contributed by atoms with Gasteiger partial charge in [-0.25, -0.2) is 0 Å². The van der Waals surface area contributed by atoms with Crippen molar-refractivity contribution in [2.75, 3.05) is 23.7 Å². The molecule has 1 aliphatic heterocycles. The zero-order valence-electron chi connectivity index (χ0n) is 13.0. The van der Waals surface area contributed by atoms with E-state index >= 15 is 0 Å². The summed E-state index contributed by atoms with van der Waals surface area (Å²) in [7, 11) is 0. The van der Waals surface area contributed by atoms with Crippen LogP contribution in [-0.2, 0) is 6.42 Å². The van der Waals surface area contributed by atoms with Gasteiger partial charge in [-0.2, -0.15) is 0 Å². The summed E-state index contributed by atoms with van der Waals surface area (Å²) in [6, 6.07) is 13.5. The summed E-state index contributed by atoms with van der Waals surface area (Å²) in [6.45, 7) is 4.21. The summed E-state index contributed by atoms with van der Waals surface area (Å²) in [5, 5.41) is 0. The zero-order chi connectivity index (χ0) is 15.5. The van der Waals surface area contributed by atoms with Gasteiger partial charge in [0.15, 0.2) is 5.78 Å². The van der Waals surface area contributed by atoms with Gasteiger partial charge in [0.25, 0.3) is 0 Å². The summed E-state index contributed by atoms with van der Waals surface area (Å²) in [4.78, 5) is 14.9. The third-order valence-electron chi connectivity index (χ3n) is 4.36. The molecule has 0 spiro atoms. The zero-order valence-corrected chi connectivity index (χ0v) is 13.0. The number of rotatable bonds is 4. The van der Waals surface area contributed by atoms with Crippen molar-refractivity contribution in [2.45, 2.75) is 26.2 Å². The van der Waals surface area contributed by atoms with Crippen molar-refractivity contribution in [3.63, 3.8) is 0 Å². The molecule has 0 bridgehead atoms. The number of aryl methyl sites for hydroxylation is 1. The lowest BCUT2D eigenvalue weighted by atomic mass is 10.0. The maximum Gasteiger partial charge on any atom is 0.193 e. The van der Waals surface area contributed by atoms with Crippen LogP contribution in [0.25, 0.3) is 0 Å². The Kier molecular flexibility index (Phi) is 4.14. The first-order chi connectivity index (χ1) is 10.7. The number of ketones is 1. The predicted molar refractivity (Wildman–Crippen MR) is 91.6 cm³/mol. The Labute approximate surface area is 131 Å². The van der Waals surface area contributed by atoms with Crippen LogP contribution < -0.4 is 10.6 Å². The number of nitrogens with zero attached hydrogens (tertiary/aromatic N) is 1. The summed E-state index contributed by atoms with van der Waals surface area (Å²) in [6.07, 6.45) is 3.40. The molecule has 1 heterocycles. The van der Waals surface area contributed by atoms with Gasteiger partial charge in [-0.3, -0.25) is 4.79 Å². The molecule has 22 heavy (non-hydrogen) atoms. The van der Waals surface area contributed by atoms with Gasteiger partial charge in [0.2, 0.25) is 0 Å². The predicted octanol–water partition coefficient (Wildman–Crippen LogP) is 3.66. The first-order valence-electron chi connectivity index (χ1n) is 7.97. The van der Waals surface area contributed by atoms with Crippen LogP contribution in [0, 0.1) is 0 Å². The summed E-state index contributed by atoms with van der Waals surface area (Å²) in [5.74, 6) is 0.0299. The van der Waals surface area contributed by atoms with Gasteiger partial charge in [0.1, 0.15) is 0 Å². The molecule has 0 saturated carbocycles. The number of nitrogen functional groups attached to an aromatic ring is 1. The van der Waals surface area contributed by atoms with Crippen LogP contribution in [0.3, 0.4) is 0 Å². The van der Waals surface area contributed by atoms with Crippen molar-refractivity contribution < 1.29 is 4.79 Å². The van der Waals surface area contributed by atoms with E-state index in [0.717, 1.165) is 25.2 Å². The van der Waals surface area contributed by atoms with Crippen LogP contribution in [0.2, 0.25) is 0 Å². The lowest BCUT2D eigenvalue weighted by molar-refractivity contribution is 0.103. The molecule has 3 rings (SSSR count). The molecule has 0 aromatic heterocycles. The Hall–Kier alpha value is -2.29. The Balaban J connectivity index is 1.84. The van der Waals surface area contributed by atoms with Gasteiger partial charge in [-0.1, -0.05) is 31.2 Å². The van der Waals surface area contributed by atoms with Crippen molar-refractivity contribution in [3.8, 4) is 0 Å². The van der Waals surface area contributed by atoms with E-state index in [-0.39, 0.29) is 5.78 Å². The fourth-order valence-electron chi connectivity index (χ4n) is 3.00. The third-order valence-corrected chi connectivity index (χ3v) is 4.36. The number of hydrogen-bond donors (Lipinski definition) is 1. The van der Waals surface area contributed by atoms with Crippen LogP contribution in [0.5, 0.6) is 0 Å². The molecule has 3 nitrogen and oxygen atoms in total. The van der Waals surface area contributed by atoms with E-state index in [4.69, 9.17) is 5.73 Å². The molecule has 3 heteroatoms. The van der Waals surface area contributed by atoms with Gasteiger partial charge >= 0.3 is 0 Å². The molecule has 0 atom stereocenters. The van der Waals surface area contributed by atoms with E-state index in [1.807, 2.05) is 42.5 Å².